The molecule has 0 aliphatic carbocycles. The van der Waals surface area contributed by atoms with Crippen molar-refractivity contribution in [3.05, 3.63) is 124 Å². The van der Waals surface area contributed by atoms with Crippen LogP contribution in [0.2, 0.25) is 0 Å². The molecule has 0 aliphatic rings. The molecule has 4 aromatic rings. The van der Waals surface area contributed by atoms with E-state index in [0.717, 1.165) is 36.2 Å². The summed E-state index contributed by atoms with van der Waals surface area (Å²) in [5.74, 6) is 0.343. The highest BCUT2D eigenvalue weighted by Crippen LogP contribution is 2.29. The summed E-state index contributed by atoms with van der Waals surface area (Å²) in [5.41, 5.74) is 8.55. The Labute approximate surface area is 257 Å². The van der Waals surface area contributed by atoms with Gasteiger partial charge in [-0.05, 0) is 102 Å². The van der Waals surface area contributed by atoms with E-state index in [1.54, 1.807) is 4.57 Å². The molecule has 5 heteroatoms. The number of nitrogens with zero attached hydrogens (tertiary/aromatic N) is 1. The molecule has 0 aliphatic heterocycles. The molecule has 2 N–H and O–H groups in total. The Kier molecular flexibility index (Phi) is 11.0. The van der Waals surface area contributed by atoms with Crippen molar-refractivity contribution < 1.29 is 14.7 Å². The summed E-state index contributed by atoms with van der Waals surface area (Å²) in [5, 5.41) is 12.7. The Bertz CT molecular complexity index is 1430. The molecule has 0 amide bonds. The lowest BCUT2D eigenvalue weighted by molar-refractivity contribution is -0.137. The van der Waals surface area contributed by atoms with Gasteiger partial charge in [0, 0.05) is 29.6 Å². The number of benzene rings is 3. The second-order valence-corrected chi connectivity index (χ2v) is 12.4. The molecule has 0 unspecified atom stereocenters. The summed E-state index contributed by atoms with van der Waals surface area (Å²) in [7, 11) is 0. The van der Waals surface area contributed by atoms with Crippen LogP contribution in [0.5, 0.6) is 0 Å². The van der Waals surface area contributed by atoms with Crippen molar-refractivity contribution in [3.63, 3.8) is 0 Å². The van der Waals surface area contributed by atoms with Gasteiger partial charge in [-0.15, -0.1) is 0 Å². The minimum absolute atomic E-state index is 0.0349. The average Bonchev–Trinajstić information content (AvgIpc) is 3.39. The fraction of sp³-hybridized carbons (Fsp3) is 0.368. The van der Waals surface area contributed by atoms with Gasteiger partial charge in [0.1, 0.15) is 0 Å². The summed E-state index contributed by atoms with van der Waals surface area (Å²) in [6.07, 6.45) is 6.01. The molecule has 0 saturated heterocycles. The molecule has 0 radical (unpaired) electrons. The van der Waals surface area contributed by atoms with Crippen LogP contribution < -0.4 is 5.32 Å². The van der Waals surface area contributed by atoms with Crippen molar-refractivity contribution in [2.75, 3.05) is 5.32 Å². The van der Waals surface area contributed by atoms with Crippen molar-refractivity contribution in [2.45, 2.75) is 79.2 Å². The van der Waals surface area contributed by atoms with E-state index in [-0.39, 0.29) is 18.4 Å². The predicted octanol–water partition coefficient (Wildman–Crippen LogP) is 8.74. The molecule has 0 bridgehead atoms. The number of anilines is 1. The number of aromatic nitrogens is 1. The zero-order chi connectivity index (χ0) is 30.9. The maximum Gasteiger partial charge on any atom is 0.303 e. The third-order valence-corrected chi connectivity index (χ3v) is 7.75. The molecule has 0 spiro atoms. The van der Waals surface area contributed by atoms with E-state index in [1.807, 2.05) is 43.5 Å². The number of hydrogen-bond donors (Lipinski definition) is 2. The molecule has 1 aromatic heterocycles. The first-order chi connectivity index (χ1) is 20.6. The van der Waals surface area contributed by atoms with Gasteiger partial charge in [0.2, 0.25) is 0 Å². The Morgan fingerprint density at radius 1 is 0.767 bits per heavy atom. The van der Waals surface area contributed by atoms with Crippen LogP contribution in [-0.2, 0) is 30.5 Å². The number of rotatable bonds is 14. The van der Waals surface area contributed by atoms with Gasteiger partial charge in [0.05, 0.1) is 6.04 Å². The van der Waals surface area contributed by atoms with Crippen molar-refractivity contribution in [3.8, 4) is 0 Å². The van der Waals surface area contributed by atoms with E-state index in [4.69, 9.17) is 5.11 Å². The van der Waals surface area contributed by atoms with E-state index in [0.29, 0.717) is 30.2 Å². The van der Waals surface area contributed by atoms with Crippen LogP contribution in [0.3, 0.4) is 0 Å². The first kappa shape index (κ1) is 31.8. The minimum atomic E-state index is -0.798. The van der Waals surface area contributed by atoms with Crippen molar-refractivity contribution in [1.82, 2.24) is 4.57 Å². The highest BCUT2D eigenvalue weighted by molar-refractivity contribution is 5.97. The van der Waals surface area contributed by atoms with Crippen LogP contribution in [0.25, 0.3) is 0 Å². The average molecular weight is 579 g/mol. The van der Waals surface area contributed by atoms with Gasteiger partial charge >= 0.3 is 5.97 Å². The van der Waals surface area contributed by atoms with Gasteiger partial charge in [-0.25, -0.2) is 0 Å². The molecular weight excluding hydrogens is 532 g/mol. The van der Waals surface area contributed by atoms with Crippen LogP contribution in [0.15, 0.2) is 85.1 Å². The molecular formula is C38H46N2O3. The summed E-state index contributed by atoms with van der Waals surface area (Å²) >= 11 is 0. The highest BCUT2D eigenvalue weighted by Gasteiger charge is 2.17. The van der Waals surface area contributed by atoms with Gasteiger partial charge in [-0.3, -0.25) is 14.2 Å². The number of nitrogens with one attached hydrogen (secondary N) is 1. The molecule has 5 nitrogen and oxygen atoms in total. The summed E-state index contributed by atoms with van der Waals surface area (Å²) in [6.45, 7) is 11.0. The molecule has 0 saturated carbocycles. The van der Waals surface area contributed by atoms with E-state index in [9.17, 15) is 9.59 Å². The van der Waals surface area contributed by atoms with Crippen LogP contribution >= 0.6 is 0 Å². The smallest absolute Gasteiger partial charge is 0.303 e. The number of hydrogen-bond acceptors (Lipinski definition) is 3. The van der Waals surface area contributed by atoms with Gasteiger partial charge in [0.15, 0.2) is 0 Å². The lowest BCUT2D eigenvalue weighted by Crippen LogP contribution is -2.15. The van der Waals surface area contributed by atoms with Gasteiger partial charge in [-0.2, -0.15) is 0 Å². The Morgan fingerprint density at radius 3 is 1.77 bits per heavy atom. The highest BCUT2D eigenvalue weighted by atomic mass is 16.4. The fourth-order valence-electron chi connectivity index (χ4n) is 5.62. The first-order valence-corrected chi connectivity index (χ1v) is 15.6. The molecule has 0 atom stereocenters. The van der Waals surface area contributed by atoms with E-state index in [1.165, 1.54) is 22.3 Å². The lowest BCUT2D eigenvalue weighted by Gasteiger charge is -2.22. The number of aliphatic carboxylic acids is 1. The monoisotopic (exact) mass is 578 g/mol. The standard InChI is InChI=1S/C38H46N2O3/c1-6-35-24-30(8-7-9-36(41)42)25-40(35)38(43)33-18-20-34(21-19-33)39-37(31-14-10-28(11-15-31)22-26(2)3)32-16-12-29(13-17-32)23-27(4)5/h10-21,24-27,37,39H,6-9,22-23H2,1-5H3,(H,41,42). The molecule has 0 fully saturated rings. The van der Waals surface area contributed by atoms with E-state index in [2.05, 4.69) is 81.5 Å². The zero-order valence-electron chi connectivity index (χ0n) is 26.3. The molecule has 4 rings (SSSR count). The first-order valence-electron chi connectivity index (χ1n) is 15.6. The number of aryl methyl sites for hydroxylation is 2. The Morgan fingerprint density at radius 2 is 1.30 bits per heavy atom. The van der Waals surface area contributed by atoms with Crippen LogP contribution in [-0.4, -0.2) is 21.6 Å². The largest absolute Gasteiger partial charge is 0.481 e. The summed E-state index contributed by atoms with van der Waals surface area (Å²) in [6, 6.07) is 27.5. The van der Waals surface area contributed by atoms with Crippen molar-refractivity contribution in [2.24, 2.45) is 11.8 Å². The van der Waals surface area contributed by atoms with Crippen LogP contribution in [0, 0.1) is 11.8 Å². The van der Waals surface area contributed by atoms with E-state index < -0.39 is 5.97 Å². The third-order valence-electron chi connectivity index (χ3n) is 7.75. The lowest BCUT2D eigenvalue weighted by atomic mass is 9.93. The second kappa shape index (κ2) is 14.9. The Balaban J connectivity index is 1.55. The molecule has 226 valence electrons. The van der Waals surface area contributed by atoms with Crippen molar-refractivity contribution >= 4 is 17.6 Å². The second-order valence-electron chi connectivity index (χ2n) is 12.4. The maximum absolute atomic E-state index is 13.5. The minimum Gasteiger partial charge on any atom is -0.481 e. The van der Waals surface area contributed by atoms with Gasteiger partial charge in [0.25, 0.3) is 5.91 Å². The van der Waals surface area contributed by atoms with Gasteiger partial charge < -0.3 is 10.4 Å². The molecule has 43 heavy (non-hydrogen) atoms. The fourth-order valence-corrected chi connectivity index (χ4v) is 5.62. The number of carboxylic acid groups (broad SMARTS) is 1. The predicted molar refractivity (Wildman–Crippen MR) is 176 cm³/mol. The SMILES string of the molecule is CCc1cc(CCCC(=O)O)cn1C(=O)c1ccc(NC(c2ccc(CC(C)C)cc2)c2ccc(CC(C)C)cc2)cc1. The van der Waals surface area contributed by atoms with E-state index >= 15 is 0 Å². The number of carbonyl (C=O) groups excluding carboxylic acids is 1. The molecule has 3 aromatic carbocycles. The summed E-state index contributed by atoms with van der Waals surface area (Å²) < 4.78 is 1.71. The topological polar surface area (TPSA) is 71.3 Å². The third kappa shape index (κ3) is 8.93. The van der Waals surface area contributed by atoms with Crippen LogP contribution in [0.1, 0.15) is 97.4 Å². The Hall–Kier alpha value is -4.12. The zero-order valence-corrected chi connectivity index (χ0v) is 26.3. The van der Waals surface area contributed by atoms with Gasteiger partial charge in [-0.1, -0.05) is 83.1 Å². The number of carboxylic acids is 1. The van der Waals surface area contributed by atoms with Crippen molar-refractivity contribution in [1.29, 1.82) is 0 Å². The number of carbonyl (C=O) groups is 2. The quantitative estimate of drug-likeness (QED) is 0.157. The summed E-state index contributed by atoms with van der Waals surface area (Å²) in [4.78, 5) is 24.4. The van der Waals surface area contributed by atoms with Crippen LogP contribution in [0.4, 0.5) is 5.69 Å². The molecule has 1 heterocycles. The maximum atomic E-state index is 13.5. The normalized spacial score (nSPS) is 11.4.